The fraction of sp³-hybridized carbons (Fsp3) is 0.500. The van der Waals surface area contributed by atoms with Gasteiger partial charge in [0, 0.05) is 0 Å². The van der Waals surface area contributed by atoms with Gasteiger partial charge in [-0.25, -0.2) is 9.37 Å². The second-order valence-electron chi connectivity index (χ2n) is 4.55. The van der Waals surface area contributed by atoms with Gasteiger partial charge in [-0.15, -0.1) is 0 Å². The van der Waals surface area contributed by atoms with Gasteiger partial charge in [0.15, 0.2) is 11.5 Å². The molecule has 0 bridgehead atoms. The Morgan fingerprint density at radius 3 is 2.86 bits per heavy atom. The van der Waals surface area contributed by atoms with Crippen LogP contribution in [-0.2, 0) is 10.6 Å². The Balaban J connectivity index is 2.16. The normalized spacial score (nSPS) is 32.9. The molecule has 4 atom stereocenters. The molecular weight excluding hydrogens is 309 g/mol. The average molecular weight is 320 g/mol. The van der Waals surface area contributed by atoms with Crippen LogP contribution in [0.15, 0.2) is 6.33 Å². The first kappa shape index (κ1) is 14.4. The fourth-order valence-electron chi connectivity index (χ4n) is 2.23. The van der Waals surface area contributed by atoms with Crippen molar-refractivity contribution in [2.45, 2.75) is 24.3 Å². The molecule has 21 heavy (non-hydrogen) atoms. The minimum Gasteiger partial charge on any atom is -0.394 e. The number of nitrogens with zero attached hydrogens (tertiary/aromatic N) is 4. The topological polar surface area (TPSA) is 140 Å². The molecule has 0 spiro atoms. The van der Waals surface area contributed by atoms with E-state index in [0.717, 1.165) is 10.9 Å². The molecule has 0 amide bonds. The Bertz CT molecular complexity index is 699. The van der Waals surface area contributed by atoms with Gasteiger partial charge in [-0.05, 0) is 11.6 Å². The van der Waals surface area contributed by atoms with Crippen LogP contribution in [0.5, 0.6) is 0 Å². The summed E-state index contributed by atoms with van der Waals surface area (Å²) < 4.78 is 20.1. The lowest BCUT2D eigenvalue weighted by Gasteiger charge is -2.25. The Morgan fingerprint density at radius 1 is 1.52 bits per heavy atom. The zero-order valence-electron chi connectivity index (χ0n) is 10.4. The van der Waals surface area contributed by atoms with Crippen LogP contribution in [0.2, 0.25) is 5.28 Å². The van der Waals surface area contributed by atoms with E-state index in [4.69, 9.17) is 27.2 Å². The van der Waals surface area contributed by atoms with E-state index in [-0.39, 0.29) is 22.3 Å². The molecule has 0 aromatic carbocycles. The summed E-state index contributed by atoms with van der Waals surface area (Å²) in [6.07, 6.45) is -4.21. The number of halogens is 2. The van der Waals surface area contributed by atoms with Gasteiger partial charge >= 0.3 is 0 Å². The molecule has 9 nitrogen and oxygen atoms in total. The number of nitrogen functional groups attached to an aromatic ring is 1. The van der Waals surface area contributed by atoms with Crippen molar-refractivity contribution in [1.82, 2.24) is 19.5 Å². The third kappa shape index (κ3) is 1.95. The van der Waals surface area contributed by atoms with Crippen LogP contribution in [0.1, 0.15) is 0 Å². The molecule has 11 heteroatoms. The van der Waals surface area contributed by atoms with Crippen LogP contribution in [0, 0.1) is 0 Å². The predicted molar refractivity (Wildman–Crippen MR) is 67.8 cm³/mol. The van der Waals surface area contributed by atoms with Crippen molar-refractivity contribution in [3.8, 4) is 0 Å². The fourth-order valence-corrected chi connectivity index (χ4v) is 2.40. The number of aliphatic hydroxyl groups excluding tert-OH is 2. The molecule has 0 unspecified atom stereocenters. The van der Waals surface area contributed by atoms with Gasteiger partial charge in [-0.1, -0.05) is 0 Å². The van der Waals surface area contributed by atoms with Gasteiger partial charge in [0.1, 0.15) is 24.1 Å². The van der Waals surface area contributed by atoms with Gasteiger partial charge in [-0.3, -0.25) is 4.57 Å². The number of nitrogens with two attached hydrogens (primary N) is 1. The lowest BCUT2D eigenvalue weighted by Crippen LogP contribution is -2.42. The van der Waals surface area contributed by atoms with Crippen LogP contribution in [0.25, 0.3) is 11.2 Å². The second-order valence-corrected chi connectivity index (χ2v) is 4.89. The molecular formula is C10H11ClFN5O4. The molecule has 2 aromatic rings. The Labute approximate surface area is 121 Å². The minimum atomic E-state index is -2.59. The third-order valence-electron chi connectivity index (χ3n) is 3.29. The van der Waals surface area contributed by atoms with E-state index in [0.29, 0.717) is 0 Å². The van der Waals surface area contributed by atoms with Crippen LogP contribution in [-0.4, -0.2) is 59.8 Å². The third-order valence-corrected chi connectivity index (χ3v) is 3.45. The van der Waals surface area contributed by atoms with Crippen molar-refractivity contribution >= 4 is 28.6 Å². The molecule has 5 N–H and O–H groups in total. The SMILES string of the molecule is Nc1nc(Cl)nc2c1ncn2[C@]1(O)O[C@H](CO)[C@H](O)[C@H]1F. The van der Waals surface area contributed by atoms with E-state index < -0.39 is 30.9 Å². The molecule has 1 aliphatic rings. The number of alkyl halides is 1. The van der Waals surface area contributed by atoms with Crippen LogP contribution < -0.4 is 5.73 Å². The molecule has 1 saturated heterocycles. The van der Waals surface area contributed by atoms with Gasteiger partial charge in [0.2, 0.25) is 11.5 Å². The zero-order chi connectivity index (χ0) is 15.4. The highest BCUT2D eigenvalue weighted by Gasteiger charge is 2.57. The van der Waals surface area contributed by atoms with E-state index >= 15 is 0 Å². The first-order chi connectivity index (χ1) is 9.88. The number of aliphatic hydroxyl groups is 3. The van der Waals surface area contributed by atoms with Gasteiger partial charge in [-0.2, -0.15) is 9.97 Å². The quantitative estimate of drug-likeness (QED) is 0.504. The number of anilines is 1. The molecule has 1 fully saturated rings. The number of aromatic nitrogens is 4. The van der Waals surface area contributed by atoms with E-state index in [2.05, 4.69) is 15.0 Å². The van der Waals surface area contributed by atoms with E-state index in [1.54, 1.807) is 0 Å². The molecule has 2 aromatic heterocycles. The standard InChI is InChI=1S/C10H11ClFN5O4/c11-9-15-7(13)4-8(16-9)17(2-14-4)10(20)6(12)5(19)3(1-18)21-10/h2-3,5-6,18-20H,1H2,(H2,13,15,16)/t3-,5+,6-,10-/m1/s1. The Hall–Kier alpha value is -1.59. The maximum absolute atomic E-state index is 14.2. The summed E-state index contributed by atoms with van der Waals surface area (Å²) in [5.41, 5.74) is 5.63. The smallest absolute Gasteiger partial charge is 0.291 e. The summed E-state index contributed by atoms with van der Waals surface area (Å²) >= 11 is 5.68. The largest absolute Gasteiger partial charge is 0.394 e. The van der Waals surface area contributed by atoms with Crippen molar-refractivity contribution in [3.05, 3.63) is 11.6 Å². The van der Waals surface area contributed by atoms with E-state index in [1.165, 1.54) is 0 Å². The van der Waals surface area contributed by atoms with Crippen LogP contribution in [0.4, 0.5) is 10.2 Å². The van der Waals surface area contributed by atoms with Crippen molar-refractivity contribution in [1.29, 1.82) is 0 Å². The van der Waals surface area contributed by atoms with Crippen molar-refractivity contribution in [3.63, 3.8) is 0 Å². The molecule has 0 radical (unpaired) electrons. The molecule has 0 aliphatic carbocycles. The highest BCUT2D eigenvalue weighted by atomic mass is 35.5. The molecule has 114 valence electrons. The molecule has 3 heterocycles. The first-order valence-electron chi connectivity index (χ1n) is 5.88. The summed E-state index contributed by atoms with van der Waals surface area (Å²) in [6, 6.07) is 0. The number of hydrogen-bond acceptors (Lipinski definition) is 8. The number of fused-ring (bicyclic) bond motifs is 1. The van der Waals surface area contributed by atoms with E-state index in [9.17, 15) is 14.6 Å². The van der Waals surface area contributed by atoms with Crippen LogP contribution in [0.3, 0.4) is 0 Å². The lowest BCUT2D eigenvalue weighted by atomic mass is 10.1. The number of imidazole rings is 1. The van der Waals surface area contributed by atoms with Crippen molar-refractivity contribution < 1.29 is 24.4 Å². The first-order valence-corrected chi connectivity index (χ1v) is 6.26. The van der Waals surface area contributed by atoms with Crippen molar-refractivity contribution in [2.24, 2.45) is 0 Å². The van der Waals surface area contributed by atoms with Gasteiger partial charge in [0.25, 0.3) is 5.91 Å². The van der Waals surface area contributed by atoms with Crippen molar-refractivity contribution in [2.75, 3.05) is 12.3 Å². The maximum atomic E-state index is 14.2. The summed E-state index contributed by atoms with van der Waals surface area (Å²) in [4.78, 5) is 11.4. The van der Waals surface area contributed by atoms with Gasteiger partial charge in [0.05, 0.1) is 6.61 Å². The predicted octanol–water partition coefficient (Wildman–Crippen LogP) is -1.25. The number of ether oxygens (including phenoxy) is 1. The summed E-state index contributed by atoms with van der Waals surface area (Å²) in [5.74, 6) is -2.65. The minimum absolute atomic E-state index is 0.0555. The Kier molecular flexibility index (Phi) is 3.22. The van der Waals surface area contributed by atoms with Gasteiger partial charge < -0.3 is 25.8 Å². The monoisotopic (exact) mass is 319 g/mol. The van der Waals surface area contributed by atoms with E-state index in [1.807, 2.05) is 0 Å². The molecule has 1 aliphatic heterocycles. The van der Waals surface area contributed by atoms with Crippen LogP contribution >= 0.6 is 11.6 Å². The summed E-state index contributed by atoms with van der Waals surface area (Å²) in [6.45, 7) is -0.672. The maximum Gasteiger partial charge on any atom is 0.291 e. The summed E-state index contributed by atoms with van der Waals surface area (Å²) in [5, 5.41) is 28.8. The highest BCUT2D eigenvalue weighted by Crippen LogP contribution is 2.37. The summed E-state index contributed by atoms with van der Waals surface area (Å²) in [7, 11) is 0. The second kappa shape index (κ2) is 4.71. The Morgan fingerprint density at radius 2 is 2.24 bits per heavy atom. The lowest BCUT2D eigenvalue weighted by molar-refractivity contribution is -0.275. The number of rotatable bonds is 2. The molecule has 0 saturated carbocycles. The molecule has 3 rings (SSSR count). The zero-order valence-corrected chi connectivity index (χ0v) is 11.1. The highest BCUT2D eigenvalue weighted by molar-refractivity contribution is 6.28. The average Bonchev–Trinajstić information content (AvgIpc) is 2.95. The number of hydrogen-bond donors (Lipinski definition) is 4.